The van der Waals surface area contributed by atoms with Gasteiger partial charge < -0.3 is 4.90 Å². The summed E-state index contributed by atoms with van der Waals surface area (Å²) >= 11 is 0. The number of nitrogens with zero attached hydrogens (tertiary/aromatic N) is 2. The van der Waals surface area contributed by atoms with Crippen LogP contribution in [0.1, 0.15) is 51.4 Å². The van der Waals surface area contributed by atoms with Gasteiger partial charge in [0.2, 0.25) is 0 Å². The molecule has 0 amide bonds. The molecule has 3 nitrogen and oxygen atoms in total. The number of carbonyl (C=O) groups is 1. The van der Waals surface area contributed by atoms with Crippen LogP contribution in [0.3, 0.4) is 0 Å². The van der Waals surface area contributed by atoms with E-state index in [1.165, 1.54) is 51.6 Å². The van der Waals surface area contributed by atoms with E-state index in [-0.39, 0.29) is 0 Å². The summed E-state index contributed by atoms with van der Waals surface area (Å²) in [6.45, 7) is 2.64. The van der Waals surface area contributed by atoms with E-state index in [9.17, 15) is 4.79 Å². The van der Waals surface area contributed by atoms with Crippen LogP contribution < -0.4 is 0 Å². The number of hydrogen-bond acceptors (Lipinski definition) is 3. The van der Waals surface area contributed by atoms with Crippen molar-refractivity contribution in [2.24, 2.45) is 0 Å². The average molecular weight is 248 g/mol. The summed E-state index contributed by atoms with van der Waals surface area (Å²) in [7, 11) is 0. The normalized spacial score (nSPS) is 45.4. The monoisotopic (exact) mass is 248 g/mol. The molecular weight excluding hydrogens is 224 g/mol. The minimum absolute atomic E-state index is 0.525. The number of fused-ring (bicyclic) bond motifs is 3. The second-order valence-electron chi connectivity index (χ2n) is 6.79. The van der Waals surface area contributed by atoms with E-state index >= 15 is 0 Å². The molecule has 0 spiro atoms. The van der Waals surface area contributed by atoms with Crippen molar-refractivity contribution in [3.05, 3.63) is 0 Å². The highest BCUT2D eigenvalue weighted by molar-refractivity contribution is 5.81. The summed E-state index contributed by atoms with van der Waals surface area (Å²) in [6.07, 6.45) is 9.80. The molecule has 0 aromatic rings. The summed E-state index contributed by atoms with van der Waals surface area (Å²) in [5.41, 5.74) is 0. The molecule has 0 aliphatic carbocycles. The van der Waals surface area contributed by atoms with Crippen LogP contribution in [0.25, 0.3) is 0 Å². The summed E-state index contributed by atoms with van der Waals surface area (Å²) in [5, 5.41) is 0. The number of carbonyl (C=O) groups excluding carboxylic acids is 1. The minimum atomic E-state index is 0.525. The second-order valence-corrected chi connectivity index (χ2v) is 6.79. The largest absolute Gasteiger partial charge is 0.300 e. The van der Waals surface area contributed by atoms with Gasteiger partial charge in [0.1, 0.15) is 5.78 Å². The molecule has 3 heteroatoms. The lowest BCUT2D eigenvalue weighted by Crippen LogP contribution is -2.54. The third-order valence-corrected chi connectivity index (χ3v) is 5.82. The van der Waals surface area contributed by atoms with Gasteiger partial charge in [-0.25, -0.2) is 0 Å². The molecule has 4 heterocycles. The van der Waals surface area contributed by atoms with Crippen LogP contribution >= 0.6 is 0 Å². The maximum Gasteiger partial charge on any atom is 0.136 e. The highest BCUT2D eigenvalue weighted by Gasteiger charge is 2.45. The van der Waals surface area contributed by atoms with Crippen molar-refractivity contribution in [3.8, 4) is 0 Å². The van der Waals surface area contributed by atoms with Crippen molar-refractivity contribution in [1.29, 1.82) is 0 Å². The Kier molecular flexibility index (Phi) is 2.73. The Morgan fingerprint density at radius 2 is 1.61 bits per heavy atom. The van der Waals surface area contributed by atoms with E-state index in [1.807, 2.05) is 0 Å². The third-order valence-electron chi connectivity index (χ3n) is 5.82. The van der Waals surface area contributed by atoms with Gasteiger partial charge >= 0.3 is 0 Å². The van der Waals surface area contributed by atoms with Crippen molar-refractivity contribution in [3.63, 3.8) is 0 Å². The minimum Gasteiger partial charge on any atom is -0.300 e. The van der Waals surface area contributed by atoms with E-state index in [1.54, 1.807) is 0 Å². The van der Waals surface area contributed by atoms with Gasteiger partial charge in [-0.1, -0.05) is 0 Å². The lowest BCUT2D eigenvalue weighted by molar-refractivity contribution is -0.125. The predicted octanol–water partition coefficient (Wildman–Crippen LogP) is 1.81. The topological polar surface area (TPSA) is 23.6 Å². The molecule has 100 valence electrons. The first-order chi connectivity index (χ1) is 8.81. The maximum atomic E-state index is 11.7. The Bertz CT molecular complexity index is 340. The molecule has 0 radical (unpaired) electrons. The van der Waals surface area contributed by atoms with E-state index in [4.69, 9.17) is 0 Å². The molecule has 4 atom stereocenters. The fraction of sp³-hybridized carbons (Fsp3) is 0.933. The smallest absolute Gasteiger partial charge is 0.136 e. The number of Topliss-reactive ketones (excluding diaryl/α,β-unsaturated/α-hetero) is 1. The average Bonchev–Trinajstić information content (AvgIpc) is 2.91. The van der Waals surface area contributed by atoms with E-state index in [0.29, 0.717) is 17.9 Å². The Labute approximate surface area is 110 Å². The van der Waals surface area contributed by atoms with Crippen LogP contribution in [0.2, 0.25) is 0 Å². The molecule has 18 heavy (non-hydrogen) atoms. The fourth-order valence-electron chi connectivity index (χ4n) is 5.08. The zero-order valence-electron chi connectivity index (χ0n) is 11.2. The molecule has 4 fully saturated rings. The van der Waals surface area contributed by atoms with Crippen LogP contribution in [0.15, 0.2) is 0 Å². The molecule has 4 unspecified atom stereocenters. The van der Waals surface area contributed by atoms with Crippen LogP contribution in [-0.4, -0.2) is 52.8 Å². The summed E-state index contributed by atoms with van der Waals surface area (Å²) in [6, 6.07) is 2.86. The van der Waals surface area contributed by atoms with Gasteiger partial charge in [0, 0.05) is 37.0 Å². The highest BCUT2D eigenvalue weighted by Crippen LogP contribution is 2.40. The Morgan fingerprint density at radius 3 is 2.39 bits per heavy atom. The van der Waals surface area contributed by atoms with E-state index < -0.39 is 0 Å². The quantitative estimate of drug-likeness (QED) is 0.707. The van der Waals surface area contributed by atoms with E-state index in [0.717, 1.165) is 24.9 Å². The molecule has 4 rings (SSSR count). The summed E-state index contributed by atoms with van der Waals surface area (Å²) < 4.78 is 0. The van der Waals surface area contributed by atoms with Gasteiger partial charge in [-0.2, -0.15) is 0 Å². The van der Waals surface area contributed by atoms with Gasteiger partial charge in [-0.15, -0.1) is 0 Å². The van der Waals surface area contributed by atoms with Gasteiger partial charge in [0.15, 0.2) is 0 Å². The Morgan fingerprint density at radius 1 is 0.833 bits per heavy atom. The third kappa shape index (κ3) is 1.75. The molecule has 4 aliphatic rings. The molecule has 0 aromatic heterocycles. The molecule has 0 saturated carbocycles. The summed E-state index contributed by atoms with van der Waals surface area (Å²) in [5.74, 6) is 0.525. The number of rotatable bonds is 1. The number of ketones is 1. The molecule has 4 saturated heterocycles. The van der Waals surface area contributed by atoms with Gasteiger partial charge in [0.05, 0.1) is 0 Å². The van der Waals surface area contributed by atoms with Crippen molar-refractivity contribution >= 4 is 5.78 Å². The van der Waals surface area contributed by atoms with Crippen LogP contribution in [0.4, 0.5) is 0 Å². The Hall–Kier alpha value is -0.410. The van der Waals surface area contributed by atoms with Gasteiger partial charge in [-0.05, 0) is 51.6 Å². The lowest BCUT2D eigenvalue weighted by Gasteiger charge is -2.45. The zero-order chi connectivity index (χ0) is 12.1. The molecular formula is C15H24N2O. The predicted molar refractivity (Wildman–Crippen MR) is 70.5 cm³/mol. The maximum absolute atomic E-state index is 11.7. The van der Waals surface area contributed by atoms with Crippen molar-refractivity contribution in [2.45, 2.75) is 75.5 Å². The van der Waals surface area contributed by atoms with Gasteiger partial charge in [0.25, 0.3) is 0 Å². The molecule has 4 aliphatic heterocycles. The Balaban J connectivity index is 1.49. The van der Waals surface area contributed by atoms with Crippen molar-refractivity contribution < 1.29 is 4.79 Å². The first-order valence-corrected chi connectivity index (χ1v) is 7.84. The molecule has 2 bridgehead atoms. The standard InChI is InChI=1S/C15H24N2O/c18-15-9-12-3-4-13(10-15)17(12)14-5-7-16-6-1-2-11(16)8-14/h11-14H,1-10H2. The number of piperidine rings is 2. The van der Waals surface area contributed by atoms with Crippen LogP contribution in [0.5, 0.6) is 0 Å². The molecule has 0 aromatic carbocycles. The van der Waals surface area contributed by atoms with Crippen molar-refractivity contribution in [1.82, 2.24) is 9.80 Å². The lowest BCUT2D eigenvalue weighted by atomic mass is 9.91. The van der Waals surface area contributed by atoms with Crippen molar-refractivity contribution in [2.75, 3.05) is 13.1 Å². The highest BCUT2D eigenvalue weighted by atomic mass is 16.1. The SMILES string of the molecule is O=C1CC2CCC(C1)N2C1CCN2CCCC2C1. The zero-order valence-corrected chi connectivity index (χ0v) is 11.2. The first kappa shape index (κ1) is 11.4. The summed E-state index contributed by atoms with van der Waals surface area (Å²) in [4.78, 5) is 17.2. The first-order valence-electron chi connectivity index (χ1n) is 7.84. The van der Waals surface area contributed by atoms with E-state index in [2.05, 4.69) is 9.80 Å². The fourth-order valence-corrected chi connectivity index (χ4v) is 5.08. The van der Waals surface area contributed by atoms with Gasteiger partial charge in [-0.3, -0.25) is 9.69 Å². The van der Waals surface area contributed by atoms with Crippen LogP contribution in [0, 0.1) is 0 Å². The number of hydrogen-bond donors (Lipinski definition) is 0. The van der Waals surface area contributed by atoms with Crippen LogP contribution in [-0.2, 0) is 4.79 Å². The molecule has 0 N–H and O–H groups in total. The second kappa shape index (κ2) is 4.31.